The molecule has 27 heavy (non-hydrogen) atoms. The van der Waals surface area contributed by atoms with Gasteiger partial charge in [0, 0.05) is 24.8 Å². The quantitative estimate of drug-likeness (QED) is 0.725. The second-order valence-electron chi connectivity index (χ2n) is 7.30. The van der Waals surface area contributed by atoms with Gasteiger partial charge >= 0.3 is 0 Å². The van der Waals surface area contributed by atoms with Gasteiger partial charge in [-0.05, 0) is 50.2 Å². The van der Waals surface area contributed by atoms with Gasteiger partial charge < -0.3 is 14.8 Å². The zero-order chi connectivity index (χ0) is 19.1. The molecule has 1 atom stereocenters. The van der Waals surface area contributed by atoms with Gasteiger partial charge in [-0.3, -0.25) is 14.0 Å². The van der Waals surface area contributed by atoms with Crippen LogP contribution in [0.5, 0.6) is 0 Å². The number of pyridine rings is 1. The lowest BCUT2D eigenvalue weighted by molar-refractivity contribution is 0.315. The molecule has 0 saturated carbocycles. The first kappa shape index (κ1) is 18.0. The molecule has 1 aliphatic heterocycles. The van der Waals surface area contributed by atoms with Crippen LogP contribution in [0.3, 0.4) is 0 Å². The number of benzene rings is 1. The van der Waals surface area contributed by atoms with E-state index in [0.717, 1.165) is 41.0 Å². The minimum atomic E-state index is -0.322. The van der Waals surface area contributed by atoms with Crippen molar-refractivity contribution in [1.29, 1.82) is 0 Å². The Morgan fingerprint density at radius 3 is 2.56 bits per heavy atom. The fourth-order valence-corrected chi connectivity index (χ4v) is 4.86. The number of fused-ring (bicyclic) bond motifs is 1. The summed E-state index contributed by atoms with van der Waals surface area (Å²) >= 11 is 1.24. The number of aryl methyl sites for hydroxylation is 1. The summed E-state index contributed by atoms with van der Waals surface area (Å²) in [5.74, 6) is 0. The molecule has 1 aliphatic rings. The fourth-order valence-electron chi connectivity index (χ4n) is 3.91. The molecular formula is C20H24N4O2S. The van der Waals surface area contributed by atoms with Crippen molar-refractivity contribution in [3.05, 3.63) is 50.5 Å². The highest BCUT2D eigenvalue weighted by atomic mass is 32.1. The molecule has 2 N–H and O–H groups in total. The van der Waals surface area contributed by atoms with Gasteiger partial charge in [-0.1, -0.05) is 30.6 Å². The monoisotopic (exact) mass is 384 g/mol. The van der Waals surface area contributed by atoms with Crippen molar-refractivity contribution in [2.45, 2.75) is 25.8 Å². The molecule has 0 radical (unpaired) electrons. The van der Waals surface area contributed by atoms with E-state index in [4.69, 9.17) is 0 Å². The van der Waals surface area contributed by atoms with Gasteiger partial charge in [-0.15, -0.1) is 0 Å². The third-order valence-corrected chi connectivity index (χ3v) is 6.45. The lowest BCUT2D eigenvalue weighted by Crippen LogP contribution is -2.31. The zero-order valence-corrected chi connectivity index (χ0v) is 16.7. The van der Waals surface area contributed by atoms with Gasteiger partial charge in [-0.2, -0.15) is 0 Å². The number of anilines is 1. The van der Waals surface area contributed by atoms with E-state index >= 15 is 0 Å². The van der Waals surface area contributed by atoms with E-state index in [9.17, 15) is 9.59 Å². The van der Waals surface area contributed by atoms with Crippen LogP contribution in [0.1, 0.15) is 18.9 Å². The van der Waals surface area contributed by atoms with Crippen molar-refractivity contribution in [3.63, 3.8) is 0 Å². The molecule has 0 bridgehead atoms. The Labute approximate surface area is 161 Å². The van der Waals surface area contributed by atoms with Gasteiger partial charge in [0.05, 0.1) is 10.4 Å². The summed E-state index contributed by atoms with van der Waals surface area (Å²) in [6.45, 7) is 4.13. The molecule has 3 heterocycles. The molecule has 6 nitrogen and oxygen atoms in total. The van der Waals surface area contributed by atoms with Crippen molar-refractivity contribution in [2.24, 2.45) is 0 Å². The topological polar surface area (TPSA) is 72.2 Å². The van der Waals surface area contributed by atoms with Gasteiger partial charge in [0.2, 0.25) is 0 Å². The lowest BCUT2D eigenvalue weighted by atomic mass is 10.0. The van der Waals surface area contributed by atoms with Crippen molar-refractivity contribution >= 4 is 27.3 Å². The average Bonchev–Trinajstić information content (AvgIpc) is 3.30. The molecule has 0 unspecified atom stereocenters. The summed E-state index contributed by atoms with van der Waals surface area (Å²) in [7, 11) is 4.26. The van der Waals surface area contributed by atoms with Gasteiger partial charge in [0.25, 0.3) is 11.1 Å². The van der Waals surface area contributed by atoms with Crippen LogP contribution in [-0.4, -0.2) is 47.5 Å². The SMILES string of the molecule is CCc1c(-c2ccc(N3CC[C@@H](N(C)C)C3)cc2)[nH]c(=O)c2c(=O)[nH]sc12. The minimum Gasteiger partial charge on any atom is -0.370 e. The molecule has 0 amide bonds. The maximum absolute atomic E-state index is 12.4. The first-order chi connectivity index (χ1) is 13.0. The number of aromatic nitrogens is 2. The Kier molecular flexibility index (Phi) is 4.65. The molecule has 1 aromatic carbocycles. The van der Waals surface area contributed by atoms with Crippen molar-refractivity contribution in [2.75, 3.05) is 32.1 Å². The number of likely N-dealkylation sites (N-methyl/N-ethyl adjacent to an activating group) is 1. The number of aromatic amines is 2. The largest absolute Gasteiger partial charge is 0.370 e. The van der Waals surface area contributed by atoms with Gasteiger partial charge in [-0.25, -0.2) is 0 Å². The lowest BCUT2D eigenvalue weighted by Gasteiger charge is -2.22. The van der Waals surface area contributed by atoms with Crippen LogP contribution >= 0.6 is 11.5 Å². The summed E-state index contributed by atoms with van der Waals surface area (Å²) < 4.78 is 3.45. The van der Waals surface area contributed by atoms with Crippen molar-refractivity contribution < 1.29 is 0 Å². The molecule has 1 saturated heterocycles. The molecule has 3 aromatic rings. The van der Waals surface area contributed by atoms with Crippen molar-refractivity contribution in [3.8, 4) is 11.3 Å². The Hall–Kier alpha value is -2.38. The highest BCUT2D eigenvalue weighted by Crippen LogP contribution is 2.30. The maximum Gasteiger partial charge on any atom is 0.271 e. The Morgan fingerprint density at radius 2 is 1.93 bits per heavy atom. The number of nitrogens with one attached hydrogen (secondary N) is 2. The van der Waals surface area contributed by atoms with Crippen LogP contribution in [0, 0.1) is 0 Å². The fraction of sp³-hybridized carbons (Fsp3) is 0.400. The maximum atomic E-state index is 12.4. The molecule has 142 valence electrons. The van der Waals surface area contributed by atoms with Crippen LogP contribution in [0.15, 0.2) is 33.9 Å². The molecule has 7 heteroatoms. The molecular weight excluding hydrogens is 360 g/mol. The highest BCUT2D eigenvalue weighted by molar-refractivity contribution is 7.13. The van der Waals surface area contributed by atoms with E-state index in [1.54, 1.807) is 0 Å². The Morgan fingerprint density at radius 1 is 1.19 bits per heavy atom. The Balaban J connectivity index is 1.71. The second kappa shape index (κ2) is 6.98. The van der Waals surface area contributed by atoms with Crippen LogP contribution in [0.4, 0.5) is 5.69 Å². The average molecular weight is 385 g/mol. The summed E-state index contributed by atoms with van der Waals surface area (Å²) in [4.78, 5) is 31.9. The molecule has 0 aliphatic carbocycles. The van der Waals surface area contributed by atoms with E-state index in [2.05, 4.69) is 57.5 Å². The predicted octanol–water partition coefficient (Wildman–Crippen LogP) is 2.65. The van der Waals surface area contributed by atoms with Gasteiger partial charge in [0.15, 0.2) is 0 Å². The highest BCUT2D eigenvalue weighted by Gasteiger charge is 2.24. The van der Waals surface area contributed by atoms with E-state index in [1.165, 1.54) is 23.6 Å². The smallest absolute Gasteiger partial charge is 0.271 e. The van der Waals surface area contributed by atoms with E-state index in [0.29, 0.717) is 6.04 Å². The van der Waals surface area contributed by atoms with Crippen LogP contribution in [-0.2, 0) is 6.42 Å². The Bertz CT molecular complexity index is 1080. The van der Waals surface area contributed by atoms with Crippen LogP contribution in [0.25, 0.3) is 21.3 Å². The number of hydrogen-bond donors (Lipinski definition) is 2. The minimum absolute atomic E-state index is 0.240. The third-order valence-electron chi connectivity index (χ3n) is 5.51. The molecule has 4 rings (SSSR count). The van der Waals surface area contributed by atoms with Crippen LogP contribution < -0.4 is 16.0 Å². The summed E-state index contributed by atoms with van der Waals surface area (Å²) in [6, 6.07) is 8.95. The second-order valence-corrected chi connectivity index (χ2v) is 8.11. The zero-order valence-electron chi connectivity index (χ0n) is 15.8. The van der Waals surface area contributed by atoms with Gasteiger partial charge in [0.1, 0.15) is 5.39 Å². The number of nitrogens with zero attached hydrogens (tertiary/aromatic N) is 2. The first-order valence-electron chi connectivity index (χ1n) is 9.27. The third kappa shape index (κ3) is 3.11. The van der Waals surface area contributed by atoms with Crippen LogP contribution in [0.2, 0.25) is 0 Å². The summed E-state index contributed by atoms with van der Waals surface area (Å²) in [5, 5.41) is 0.240. The molecule has 1 fully saturated rings. The number of hydrogen-bond acceptors (Lipinski definition) is 5. The molecule has 2 aromatic heterocycles. The molecule has 0 spiro atoms. The first-order valence-corrected chi connectivity index (χ1v) is 10.1. The van der Waals surface area contributed by atoms with E-state index in [-0.39, 0.29) is 16.5 Å². The van der Waals surface area contributed by atoms with E-state index < -0.39 is 0 Å². The number of rotatable bonds is 4. The summed E-state index contributed by atoms with van der Waals surface area (Å²) in [6.07, 6.45) is 1.92. The van der Waals surface area contributed by atoms with E-state index in [1.807, 2.05) is 6.92 Å². The normalized spacial score (nSPS) is 17.3. The summed E-state index contributed by atoms with van der Waals surface area (Å²) in [5.41, 5.74) is 3.36. The predicted molar refractivity (Wildman–Crippen MR) is 112 cm³/mol. The van der Waals surface area contributed by atoms with Crippen molar-refractivity contribution in [1.82, 2.24) is 14.3 Å². The standard InChI is InChI=1S/C20H24N4O2S/c1-4-15-17(21-19(25)16-18(15)27-22-20(16)26)12-5-7-13(8-6-12)24-10-9-14(11-24)23(2)3/h5-8,14H,4,9-11H2,1-3H3,(H,21,25)(H,22,26)/t14-/m1/s1. The number of H-pyrrole nitrogens is 2.